The number of hydrogen-bond donors (Lipinski definition) is 1. The zero-order valence-electron chi connectivity index (χ0n) is 12.8. The molecule has 0 atom stereocenters. The predicted octanol–water partition coefficient (Wildman–Crippen LogP) is 3.69. The number of carbonyl (C=O) groups excluding carboxylic acids is 1. The van der Waals surface area contributed by atoms with Crippen LogP contribution in [0.3, 0.4) is 0 Å². The zero-order chi connectivity index (χ0) is 16.9. The molecule has 1 aromatic heterocycles. The Morgan fingerprint density at radius 3 is 2.75 bits per heavy atom. The van der Waals surface area contributed by atoms with Gasteiger partial charge in [0.05, 0.1) is 7.11 Å². The lowest BCUT2D eigenvalue weighted by Gasteiger charge is -2.03. The highest BCUT2D eigenvalue weighted by Gasteiger charge is 2.13. The third-order valence-electron chi connectivity index (χ3n) is 3.24. The molecule has 0 saturated carbocycles. The van der Waals surface area contributed by atoms with Gasteiger partial charge < -0.3 is 14.6 Å². The number of rotatable bonds is 5. The largest absolute Gasteiger partial charge is 0.497 e. The van der Waals surface area contributed by atoms with Gasteiger partial charge in [-0.05, 0) is 42.5 Å². The van der Waals surface area contributed by atoms with Crippen LogP contribution in [0.15, 0.2) is 57.5 Å². The van der Waals surface area contributed by atoms with E-state index in [0.717, 1.165) is 15.8 Å². The van der Waals surface area contributed by atoms with E-state index >= 15 is 0 Å². The van der Waals surface area contributed by atoms with Gasteiger partial charge >= 0.3 is 0 Å². The number of ether oxygens (including phenoxy) is 1. The van der Waals surface area contributed by atoms with Crippen molar-refractivity contribution in [1.29, 1.82) is 0 Å². The highest BCUT2D eigenvalue weighted by atomic mass is 79.9. The maximum absolute atomic E-state index is 12.1. The quantitative estimate of drug-likeness (QED) is 0.722. The Balaban J connectivity index is 1.65. The summed E-state index contributed by atoms with van der Waals surface area (Å²) in [7, 11) is 1.60. The molecular formula is C17H14BrN3O3. The molecule has 0 aliphatic rings. The lowest BCUT2D eigenvalue weighted by molar-refractivity contribution is -0.115. The first-order chi connectivity index (χ1) is 11.6. The van der Waals surface area contributed by atoms with Gasteiger partial charge in [-0.3, -0.25) is 4.79 Å². The van der Waals surface area contributed by atoms with E-state index in [0.29, 0.717) is 11.5 Å². The third kappa shape index (κ3) is 3.99. The molecule has 122 valence electrons. The van der Waals surface area contributed by atoms with E-state index in [1.807, 2.05) is 42.5 Å². The number of anilines is 1. The number of halogens is 1. The summed E-state index contributed by atoms with van der Waals surface area (Å²) in [5.41, 5.74) is 1.49. The van der Waals surface area contributed by atoms with Gasteiger partial charge in [0, 0.05) is 15.7 Å². The van der Waals surface area contributed by atoms with Gasteiger partial charge in [0.15, 0.2) is 0 Å². The van der Waals surface area contributed by atoms with Crippen LogP contribution in [0.25, 0.3) is 11.4 Å². The highest BCUT2D eigenvalue weighted by Crippen LogP contribution is 2.20. The Bertz CT molecular complexity index is 846. The molecular weight excluding hydrogens is 374 g/mol. The number of methoxy groups -OCH3 is 1. The monoisotopic (exact) mass is 387 g/mol. The molecule has 24 heavy (non-hydrogen) atoms. The topological polar surface area (TPSA) is 77.2 Å². The normalized spacial score (nSPS) is 10.4. The summed E-state index contributed by atoms with van der Waals surface area (Å²) in [6.07, 6.45) is 0.00959. The highest BCUT2D eigenvalue weighted by molar-refractivity contribution is 9.10. The van der Waals surface area contributed by atoms with Crippen LogP contribution in [0, 0.1) is 0 Å². The Hall–Kier alpha value is -2.67. The molecule has 0 radical (unpaired) electrons. The van der Waals surface area contributed by atoms with Gasteiger partial charge in [0.1, 0.15) is 12.2 Å². The first-order valence-corrected chi connectivity index (χ1v) is 7.96. The number of carbonyl (C=O) groups is 1. The van der Waals surface area contributed by atoms with E-state index in [-0.39, 0.29) is 18.2 Å². The molecule has 0 spiro atoms. The van der Waals surface area contributed by atoms with Crippen LogP contribution in [0.1, 0.15) is 5.89 Å². The lowest BCUT2D eigenvalue weighted by Crippen LogP contribution is -2.14. The molecule has 6 nitrogen and oxygen atoms in total. The third-order valence-corrected chi connectivity index (χ3v) is 3.73. The number of nitrogens with one attached hydrogen (secondary N) is 1. The number of amides is 1. The van der Waals surface area contributed by atoms with Crippen molar-refractivity contribution in [3.8, 4) is 17.1 Å². The van der Waals surface area contributed by atoms with E-state index in [4.69, 9.17) is 9.26 Å². The minimum Gasteiger partial charge on any atom is -0.497 e. The molecule has 0 fully saturated rings. The fraction of sp³-hybridized carbons (Fsp3) is 0.118. The van der Waals surface area contributed by atoms with Crippen LogP contribution in [-0.4, -0.2) is 23.2 Å². The molecule has 1 amide bonds. The molecule has 0 saturated heterocycles. The van der Waals surface area contributed by atoms with E-state index in [2.05, 4.69) is 31.4 Å². The van der Waals surface area contributed by atoms with Crippen molar-refractivity contribution < 1.29 is 14.1 Å². The van der Waals surface area contributed by atoms with Gasteiger partial charge in [0.25, 0.3) is 0 Å². The number of benzene rings is 2. The van der Waals surface area contributed by atoms with E-state index in [9.17, 15) is 4.79 Å². The van der Waals surface area contributed by atoms with Crippen LogP contribution in [0.2, 0.25) is 0 Å². The van der Waals surface area contributed by atoms with Crippen LogP contribution < -0.4 is 10.1 Å². The van der Waals surface area contributed by atoms with Crippen LogP contribution in [-0.2, 0) is 11.2 Å². The van der Waals surface area contributed by atoms with Gasteiger partial charge in [-0.2, -0.15) is 4.98 Å². The fourth-order valence-electron chi connectivity index (χ4n) is 2.09. The standard InChI is InChI=1S/C17H14BrN3O3/c1-23-14-7-5-11(6-8-14)17-20-16(24-21-17)10-15(22)19-13-4-2-3-12(18)9-13/h2-9H,10H2,1H3,(H,19,22). The molecule has 1 heterocycles. The second-order valence-corrected chi connectivity index (χ2v) is 5.89. The summed E-state index contributed by atoms with van der Waals surface area (Å²) >= 11 is 3.36. The molecule has 2 aromatic carbocycles. The maximum Gasteiger partial charge on any atom is 0.236 e. The summed E-state index contributed by atoms with van der Waals surface area (Å²) < 4.78 is 11.1. The van der Waals surface area contributed by atoms with Gasteiger partial charge in [-0.25, -0.2) is 0 Å². The summed E-state index contributed by atoms with van der Waals surface area (Å²) in [6.45, 7) is 0. The fourth-order valence-corrected chi connectivity index (χ4v) is 2.49. The van der Waals surface area contributed by atoms with Crippen molar-refractivity contribution in [3.05, 3.63) is 58.9 Å². The Morgan fingerprint density at radius 2 is 2.04 bits per heavy atom. The molecule has 0 bridgehead atoms. The predicted molar refractivity (Wildman–Crippen MR) is 92.8 cm³/mol. The molecule has 7 heteroatoms. The van der Waals surface area contributed by atoms with Crippen LogP contribution >= 0.6 is 15.9 Å². The van der Waals surface area contributed by atoms with Crippen molar-refractivity contribution >= 4 is 27.5 Å². The van der Waals surface area contributed by atoms with Crippen LogP contribution in [0.5, 0.6) is 5.75 Å². The Labute approximate surface area is 147 Å². The van der Waals surface area contributed by atoms with Crippen molar-refractivity contribution in [3.63, 3.8) is 0 Å². The van der Waals surface area contributed by atoms with Gasteiger partial charge in [0.2, 0.25) is 17.6 Å². The second-order valence-electron chi connectivity index (χ2n) is 4.98. The van der Waals surface area contributed by atoms with Crippen molar-refractivity contribution in [2.75, 3.05) is 12.4 Å². The Morgan fingerprint density at radius 1 is 1.25 bits per heavy atom. The summed E-state index contributed by atoms with van der Waals surface area (Å²) in [5, 5.41) is 6.68. The summed E-state index contributed by atoms with van der Waals surface area (Å²) in [5.74, 6) is 1.21. The molecule has 3 aromatic rings. The van der Waals surface area contributed by atoms with Crippen LogP contribution in [0.4, 0.5) is 5.69 Å². The number of nitrogens with zero attached hydrogens (tertiary/aromatic N) is 2. The SMILES string of the molecule is COc1ccc(-c2noc(CC(=O)Nc3cccc(Br)c3)n2)cc1. The molecule has 0 aliphatic heterocycles. The lowest BCUT2D eigenvalue weighted by atomic mass is 10.2. The maximum atomic E-state index is 12.1. The zero-order valence-corrected chi connectivity index (χ0v) is 14.4. The number of hydrogen-bond acceptors (Lipinski definition) is 5. The second kappa shape index (κ2) is 7.27. The average molecular weight is 388 g/mol. The minimum absolute atomic E-state index is 0.00959. The molecule has 1 N–H and O–H groups in total. The van der Waals surface area contributed by atoms with Crippen molar-refractivity contribution in [1.82, 2.24) is 10.1 Å². The van der Waals surface area contributed by atoms with E-state index in [1.54, 1.807) is 13.2 Å². The minimum atomic E-state index is -0.224. The average Bonchev–Trinajstić information content (AvgIpc) is 3.03. The molecule has 0 aliphatic carbocycles. The number of aromatic nitrogens is 2. The molecule has 0 unspecified atom stereocenters. The van der Waals surface area contributed by atoms with Gasteiger partial charge in [-0.1, -0.05) is 27.2 Å². The smallest absolute Gasteiger partial charge is 0.236 e. The van der Waals surface area contributed by atoms with E-state index < -0.39 is 0 Å². The Kier molecular flexibility index (Phi) is 4.90. The summed E-state index contributed by atoms with van der Waals surface area (Å²) in [6, 6.07) is 14.6. The summed E-state index contributed by atoms with van der Waals surface area (Å²) in [4.78, 5) is 16.3. The van der Waals surface area contributed by atoms with E-state index in [1.165, 1.54) is 0 Å². The van der Waals surface area contributed by atoms with Crippen molar-refractivity contribution in [2.45, 2.75) is 6.42 Å². The first-order valence-electron chi connectivity index (χ1n) is 7.16. The molecule has 3 rings (SSSR count). The van der Waals surface area contributed by atoms with Crippen molar-refractivity contribution in [2.24, 2.45) is 0 Å². The van der Waals surface area contributed by atoms with Gasteiger partial charge in [-0.15, -0.1) is 0 Å². The first kappa shape index (κ1) is 16.2.